The summed E-state index contributed by atoms with van der Waals surface area (Å²) in [5.41, 5.74) is 2.17. The Morgan fingerprint density at radius 3 is 2.81 bits per heavy atom. The lowest BCUT2D eigenvalue weighted by molar-refractivity contribution is 0.318. The highest BCUT2D eigenvalue weighted by Crippen LogP contribution is 2.27. The van der Waals surface area contributed by atoms with Crippen molar-refractivity contribution in [2.45, 2.75) is 39.3 Å². The van der Waals surface area contributed by atoms with E-state index in [0.29, 0.717) is 24.9 Å². The minimum absolute atomic E-state index is 0. The van der Waals surface area contributed by atoms with Crippen LogP contribution in [-0.4, -0.2) is 50.5 Å². The predicted octanol–water partition coefficient (Wildman–Crippen LogP) is 4.14. The van der Waals surface area contributed by atoms with Crippen molar-refractivity contribution in [1.82, 2.24) is 10.6 Å². The maximum Gasteiger partial charge on any atom is 0.191 e. The number of phenols is 1. The summed E-state index contributed by atoms with van der Waals surface area (Å²) in [7, 11) is 1.70. The molecule has 1 unspecified atom stereocenters. The summed E-state index contributed by atoms with van der Waals surface area (Å²) in [6.07, 6.45) is 2.21. The number of methoxy groups -OCH3 is 1. The van der Waals surface area contributed by atoms with Crippen LogP contribution >= 0.6 is 24.0 Å². The fraction of sp³-hybridized carbons (Fsp3) is 0.458. The highest BCUT2D eigenvalue weighted by atomic mass is 127. The molecule has 0 amide bonds. The summed E-state index contributed by atoms with van der Waals surface area (Å²) >= 11 is 0. The number of guanidine groups is 1. The zero-order valence-corrected chi connectivity index (χ0v) is 21.5. The Balaban J connectivity index is 0.00000363. The number of hydrogen-bond acceptors (Lipinski definition) is 5. The Morgan fingerprint density at radius 2 is 2.06 bits per heavy atom. The van der Waals surface area contributed by atoms with Crippen LogP contribution < -0.4 is 25.0 Å². The number of phenolic OH excluding ortho intramolecular Hbond substituents is 1. The van der Waals surface area contributed by atoms with Gasteiger partial charge < -0.3 is 30.1 Å². The molecule has 2 aromatic carbocycles. The van der Waals surface area contributed by atoms with Crippen LogP contribution in [0.1, 0.15) is 32.3 Å². The number of nitrogens with one attached hydrogen (secondary N) is 2. The zero-order chi connectivity index (χ0) is 22.1. The molecule has 1 saturated heterocycles. The van der Waals surface area contributed by atoms with Gasteiger partial charge in [0.2, 0.25) is 0 Å². The molecule has 0 spiro atoms. The number of nitrogens with zero attached hydrogens (tertiary/aromatic N) is 2. The van der Waals surface area contributed by atoms with Gasteiger partial charge in [0.05, 0.1) is 20.3 Å². The third-order valence-corrected chi connectivity index (χ3v) is 5.27. The van der Waals surface area contributed by atoms with Gasteiger partial charge in [-0.3, -0.25) is 0 Å². The van der Waals surface area contributed by atoms with E-state index in [1.54, 1.807) is 13.2 Å². The normalized spacial score (nSPS) is 16.2. The van der Waals surface area contributed by atoms with Crippen molar-refractivity contribution in [3.63, 3.8) is 0 Å². The van der Waals surface area contributed by atoms with Crippen LogP contribution in [0, 0.1) is 0 Å². The molecule has 2 aromatic rings. The number of hydrogen-bond donors (Lipinski definition) is 3. The van der Waals surface area contributed by atoms with Crippen LogP contribution in [0.2, 0.25) is 0 Å². The van der Waals surface area contributed by atoms with Gasteiger partial charge in [0.15, 0.2) is 17.5 Å². The minimum Gasteiger partial charge on any atom is -0.504 e. The van der Waals surface area contributed by atoms with E-state index >= 15 is 0 Å². The Morgan fingerprint density at radius 1 is 1.22 bits per heavy atom. The van der Waals surface area contributed by atoms with Gasteiger partial charge in [-0.25, -0.2) is 4.99 Å². The summed E-state index contributed by atoms with van der Waals surface area (Å²) in [6.45, 7) is 7.71. The number of aliphatic imine (C=N–C) groups is 1. The number of benzene rings is 2. The fourth-order valence-corrected chi connectivity index (χ4v) is 3.75. The van der Waals surface area contributed by atoms with E-state index in [9.17, 15) is 5.11 Å². The molecular weight excluding hydrogens is 519 g/mol. The van der Waals surface area contributed by atoms with Crippen molar-refractivity contribution in [3.8, 4) is 17.2 Å². The third kappa shape index (κ3) is 7.36. The molecule has 0 radical (unpaired) electrons. The van der Waals surface area contributed by atoms with Gasteiger partial charge in [-0.1, -0.05) is 12.1 Å². The van der Waals surface area contributed by atoms with Crippen LogP contribution in [-0.2, 0) is 6.54 Å². The van der Waals surface area contributed by atoms with Crippen molar-refractivity contribution < 1.29 is 14.6 Å². The van der Waals surface area contributed by atoms with Crippen LogP contribution in [0.4, 0.5) is 5.69 Å². The SMILES string of the molecule is CCNC(=NCc1ccc(O)c(OCC)c1)NC1CCCN(c2cccc(OC)c2)C1.I. The molecule has 3 rings (SSSR count). The molecule has 1 aliphatic heterocycles. The van der Waals surface area contributed by atoms with Gasteiger partial charge >= 0.3 is 0 Å². The lowest BCUT2D eigenvalue weighted by Crippen LogP contribution is -2.51. The maximum absolute atomic E-state index is 9.90. The topological polar surface area (TPSA) is 78.4 Å². The first-order valence-electron chi connectivity index (χ1n) is 11.0. The average molecular weight is 554 g/mol. The van der Waals surface area contributed by atoms with Crippen LogP contribution in [0.3, 0.4) is 0 Å². The molecule has 1 atom stereocenters. The number of aromatic hydroxyl groups is 1. The highest BCUT2D eigenvalue weighted by molar-refractivity contribution is 14.0. The smallest absolute Gasteiger partial charge is 0.191 e. The summed E-state index contributed by atoms with van der Waals surface area (Å²) in [5.74, 6) is 2.32. The van der Waals surface area contributed by atoms with Crippen LogP contribution in [0.25, 0.3) is 0 Å². The number of ether oxygens (including phenoxy) is 2. The van der Waals surface area contributed by atoms with E-state index in [0.717, 1.165) is 49.7 Å². The molecule has 0 aliphatic carbocycles. The van der Waals surface area contributed by atoms with E-state index in [2.05, 4.69) is 34.6 Å². The van der Waals surface area contributed by atoms with Crippen molar-refractivity contribution >= 4 is 35.6 Å². The van der Waals surface area contributed by atoms with Gasteiger partial charge in [0.1, 0.15) is 5.75 Å². The molecule has 32 heavy (non-hydrogen) atoms. The first-order chi connectivity index (χ1) is 15.1. The lowest BCUT2D eigenvalue weighted by Gasteiger charge is -2.35. The minimum atomic E-state index is 0. The van der Waals surface area contributed by atoms with Gasteiger partial charge in [-0.05, 0) is 56.5 Å². The highest BCUT2D eigenvalue weighted by Gasteiger charge is 2.21. The molecule has 0 aromatic heterocycles. The Bertz CT molecular complexity index is 878. The summed E-state index contributed by atoms with van der Waals surface area (Å²) in [4.78, 5) is 7.14. The van der Waals surface area contributed by atoms with E-state index < -0.39 is 0 Å². The molecule has 0 bridgehead atoms. The standard InChI is InChI=1S/C24H34N4O3.HI/c1-4-25-24(26-16-18-11-12-22(29)23(14-18)31-5-2)27-19-8-7-13-28(17-19)20-9-6-10-21(15-20)30-3;/h6,9-12,14-15,19,29H,4-5,7-8,13,16-17H2,1-3H3,(H2,25,26,27);1H. The molecular formula is C24H35IN4O3. The third-order valence-electron chi connectivity index (χ3n) is 5.27. The van der Waals surface area contributed by atoms with Crippen LogP contribution in [0.5, 0.6) is 17.2 Å². The Labute approximate surface area is 208 Å². The first-order valence-corrected chi connectivity index (χ1v) is 11.0. The summed E-state index contributed by atoms with van der Waals surface area (Å²) in [5, 5.41) is 16.8. The average Bonchev–Trinajstić information content (AvgIpc) is 2.80. The number of piperidine rings is 1. The van der Waals surface area contributed by atoms with E-state index in [4.69, 9.17) is 14.5 Å². The lowest BCUT2D eigenvalue weighted by atomic mass is 10.0. The second-order valence-electron chi connectivity index (χ2n) is 7.56. The Hall–Kier alpha value is -2.36. The molecule has 0 saturated carbocycles. The molecule has 3 N–H and O–H groups in total. The van der Waals surface area contributed by atoms with Crippen molar-refractivity contribution in [2.75, 3.05) is 38.3 Å². The fourth-order valence-electron chi connectivity index (χ4n) is 3.75. The maximum atomic E-state index is 9.90. The quantitative estimate of drug-likeness (QED) is 0.259. The number of anilines is 1. The summed E-state index contributed by atoms with van der Waals surface area (Å²) < 4.78 is 10.9. The summed E-state index contributed by atoms with van der Waals surface area (Å²) in [6, 6.07) is 13.9. The van der Waals surface area contributed by atoms with Crippen molar-refractivity contribution in [1.29, 1.82) is 0 Å². The second kappa shape index (κ2) is 13.2. The van der Waals surface area contributed by atoms with Gasteiger partial charge in [0, 0.05) is 37.4 Å². The molecule has 1 aliphatic rings. The first kappa shape index (κ1) is 25.9. The van der Waals surface area contributed by atoms with Gasteiger partial charge in [-0.15, -0.1) is 24.0 Å². The molecule has 176 valence electrons. The van der Waals surface area contributed by atoms with Crippen molar-refractivity contribution in [2.24, 2.45) is 4.99 Å². The van der Waals surface area contributed by atoms with Crippen LogP contribution in [0.15, 0.2) is 47.5 Å². The molecule has 1 heterocycles. The van der Waals surface area contributed by atoms with Crippen molar-refractivity contribution in [3.05, 3.63) is 48.0 Å². The molecule has 1 fully saturated rings. The molecule has 8 heteroatoms. The molecule has 7 nitrogen and oxygen atoms in total. The van der Waals surface area contributed by atoms with E-state index in [-0.39, 0.29) is 29.7 Å². The Kier molecular flexibility index (Phi) is 10.7. The van der Waals surface area contributed by atoms with E-state index in [1.807, 2.05) is 31.2 Å². The van der Waals surface area contributed by atoms with Gasteiger partial charge in [0.25, 0.3) is 0 Å². The zero-order valence-electron chi connectivity index (χ0n) is 19.1. The number of rotatable bonds is 8. The predicted molar refractivity (Wildman–Crippen MR) is 141 cm³/mol. The monoisotopic (exact) mass is 554 g/mol. The number of halogens is 1. The van der Waals surface area contributed by atoms with E-state index in [1.165, 1.54) is 5.69 Å². The largest absolute Gasteiger partial charge is 0.504 e. The van der Waals surface area contributed by atoms with Gasteiger partial charge in [-0.2, -0.15) is 0 Å². The second-order valence-corrected chi connectivity index (χ2v) is 7.56.